The van der Waals surface area contributed by atoms with Crippen LogP contribution in [0.4, 0.5) is 10.1 Å². The lowest BCUT2D eigenvalue weighted by molar-refractivity contribution is 0.0602. The lowest BCUT2D eigenvalue weighted by atomic mass is 9.83. The van der Waals surface area contributed by atoms with Crippen molar-refractivity contribution in [3.05, 3.63) is 87.9 Å². The zero-order valence-electron chi connectivity index (χ0n) is 21.9. The number of rotatable bonds is 8. The van der Waals surface area contributed by atoms with Gasteiger partial charge in [-0.25, -0.2) is 19.2 Å². The Morgan fingerprint density at radius 3 is 2.54 bits per heavy atom. The standard InChI is InChI=1S/C30H30FN3O4S/c1-18-12-22(31)13-26(32-18)28(35)33-24-15-27-25(14-23(24)30(36)37-2)34-29(39-27)21-10-8-20(9-11-21)17-38-16-19-6-4-3-5-7-19/h3-7,12-15,20-21H,8-11,16-17H2,1-2H3,(H,33,35)/t20-,21-. The van der Waals surface area contributed by atoms with Crippen molar-refractivity contribution >= 4 is 39.1 Å². The monoisotopic (exact) mass is 547 g/mol. The molecule has 9 heteroatoms. The van der Waals surface area contributed by atoms with Gasteiger partial charge in [0.2, 0.25) is 0 Å². The zero-order chi connectivity index (χ0) is 27.4. The highest BCUT2D eigenvalue weighted by Gasteiger charge is 2.26. The van der Waals surface area contributed by atoms with Gasteiger partial charge in [0.1, 0.15) is 11.5 Å². The predicted molar refractivity (Wildman–Crippen MR) is 149 cm³/mol. The number of hydrogen-bond donors (Lipinski definition) is 1. The molecule has 202 valence electrons. The summed E-state index contributed by atoms with van der Waals surface area (Å²) in [4.78, 5) is 34.3. The Morgan fingerprint density at radius 1 is 1.05 bits per heavy atom. The van der Waals surface area contributed by atoms with Crippen molar-refractivity contribution in [2.45, 2.75) is 45.1 Å². The zero-order valence-corrected chi connectivity index (χ0v) is 22.7. The van der Waals surface area contributed by atoms with Gasteiger partial charge in [0.05, 0.1) is 40.2 Å². The Kier molecular flexibility index (Phi) is 8.28. The number of methoxy groups -OCH3 is 1. The van der Waals surface area contributed by atoms with E-state index in [-0.39, 0.29) is 16.9 Å². The van der Waals surface area contributed by atoms with Crippen LogP contribution in [0.15, 0.2) is 54.6 Å². The number of anilines is 1. The second-order valence-electron chi connectivity index (χ2n) is 9.89. The molecule has 0 radical (unpaired) electrons. The molecule has 0 bridgehead atoms. The maximum atomic E-state index is 13.8. The molecule has 5 rings (SSSR count). The van der Waals surface area contributed by atoms with Gasteiger partial charge in [0, 0.05) is 24.3 Å². The number of ether oxygens (including phenoxy) is 2. The van der Waals surface area contributed by atoms with E-state index in [1.807, 2.05) is 18.2 Å². The molecule has 0 unspecified atom stereocenters. The summed E-state index contributed by atoms with van der Waals surface area (Å²) in [5.74, 6) is -0.888. The highest BCUT2D eigenvalue weighted by atomic mass is 32.1. The van der Waals surface area contributed by atoms with E-state index in [9.17, 15) is 14.0 Å². The van der Waals surface area contributed by atoms with E-state index in [0.717, 1.165) is 48.1 Å². The summed E-state index contributed by atoms with van der Waals surface area (Å²) in [6.07, 6.45) is 4.20. The number of fused-ring (bicyclic) bond motifs is 1. The predicted octanol–water partition coefficient (Wildman–Crippen LogP) is 6.67. The molecular weight excluding hydrogens is 517 g/mol. The Labute approximate surface area is 230 Å². The van der Waals surface area contributed by atoms with Gasteiger partial charge in [0.15, 0.2) is 0 Å². The highest BCUT2D eigenvalue weighted by Crippen LogP contribution is 2.40. The first kappa shape index (κ1) is 26.9. The first-order valence-electron chi connectivity index (χ1n) is 13.0. The largest absolute Gasteiger partial charge is 0.465 e. The molecule has 2 aromatic carbocycles. The van der Waals surface area contributed by atoms with Crippen LogP contribution >= 0.6 is 11.3 Å². The van der Waals surface area contributed by atoms with Crippen molar-refractivity contribution in [1.82, 2.24) is 9.97 Å². The van der Waals surface area contributed by atoms with Crippen molar-refractivity contribution in [2.75, 3.05) is 19.0 Å². The normalized spacial score (nSPS) is 17.2. The van der Waals surface area contributed by atoms with Crippen LogP contribution in [0.2, 0.25) is 0 Å². The molecule has 1 aliphatic carbocycles. The van der Waals surface area contributed by atoms with Crippen molar-refractivity contribution in [3.63, 3.8) is 0 Å². The van der Waals surface area contributed by atoms with E-state index >= 15 is 0 Å². The third kappa shape index (κ3) is 6.49. The minimum Gasteiger partial charge on any atom is -0.465 e. The summed E-state index contributed by atoms with van der Waals surface area (Å²) in [7, 11) is 1.28. The van der Waals surface area contributed by atoms with Crippen LogP contribution in [0.1, 0.15) is 68.7 Å². The first-order chi connectivity index (χ1) is 18.9. The van der Waals surface area contributed by atoms with Gasteiger partial charge in [-0.3, -0.25) is 4.79 Å². The van der Waals surface area contributed by atoms with E-state index in [1.54, 1.807) is 30.4 Å². The Hall–Kier alpha value is -3.69. The third-order valence-electron chi connectivity index (χ3n) is 7.01. The highest BCUT2D eigenvalue weighted by molar-refractivity contribution is 7.18. The number of pyridine rings is 1. The molecule has 1 fully saturated rings. The minimum atomic E-state index is -0.611. The summed E-state index contributed by atoms with van der Waals surface area (Å²) in [6, 6.07) is 15.9. The maximum Gasteiger partial charge on any atom is 0.340 e. The summed E-state index contributed by atoms with van der Waals surface area (Å²) in [5, 5.41) is 3.73. The topological polar surface area (TPSA) is 90.4 Å². The van der Waals surface area contributed by atoms with Crippen LogP contribution in [0.5, 0.6) is 0 Å². The molecule has 0 aliphatic heterocycles. The van der Waals surface area contributed by atoms with E-state index in [0.29, 0.717) is 29.7 Å². The lowest BCUT2D eigenvalue weighted by Crippen LogP contribution is -2.17. The first-order valence-corrected chi connectivity index (χ1v) is 13.8. The molecule has 1 amide bonds. The third-order valence-corrected chi connectivity index (χ3v) is 8.19. The number of thiazole rings is 1. The molecule has 1 N–H and O–H groups in total. The summed E-state index contributed by atoms with van der Waals surface area (Å²) >= 11 is 1.57. The van der Waals surface area contributed by atoms with Gasteiger partial charge in [-0.15, -0.1) is 11.3 Å². The molecule has 1 aliphatic rings. The van der Waals surface area contributed by atoms with E-state index in [4.69, 9.17) is 14.5 Å². The number of nitrogens with one attached hydrogen (secondary N) is 1. The van der Waals surface area contributed by atoms with Gasteiger partial charge in [-0.05, 0) is 62.3 Å². The smallest absolute Gasteiger partial charge is 0.340 e. The summed E-state index contributed by atoms with van der Waals surface area (Å²) < 4.78 is 25.6. The lowest BCUT2D eigenvalue weighted by Gasteiger charge is -2.27. The molecule has 4 aromatic rings. The Bertz CT molecular complexity index is 1460. The van der Waals surface area contributed by atoms with Crippen molar-refractivity contribution < 1.29 is 23.5 Å². The van der Waals surface area contributed by atoms with E-state index in [2.05, 4.69) is 22.4 Å². The summed E-state index contributed by atoms with van der Waals surface area (Å²) in [6.45, 7) is 3.00. The molecule has 0 spiro atoms. The maximum absolute atomic E-state index is 13.8. The van der Waals surface area contributed by atoms with E-state index < -0.39 is 17.7 Å². The fraction of sp³-hybridized carbons (Fsp3) is 0.333. The van der Waals surface area contributed by atoms with E-state index in [1.165, 1.54) is 18.7 Å². The Balaban J connectivity index is 1.28. The molecular formula is C30H30FN3O4S. The quantitative estimate of drug-likeness (QED) is 0.248. The average Bonchev–Trinajstić information content (AvgIpc) is 3.35. The second-order valence-corrected chi connectivity index (χ2v) is 11.0. The number of halogens is 1. The van der Waals surface area contributed by atoms with Gasteiger partial charge < -0.3 is 14.8 Å². The second kappa shape index (κ2) is 12.0. The van der Waals surface area contributed by atoms with Crippen molar-refractivity contribution in [1.29, 1.82) is 0 Å². The van der Waals surface area contributed by atoms with Crippen molar-refractivity contribution in [3.8, 4) is 0 Å². The number of hydrogen-bond acceptors (Lipinski definition) is 7. The number of benzene rings is 2. The Morgan fingerprint density at radius 2 is 1.82 bits per heavy atom. The van der Waals surface area contributed by atoms with Crippen LogP contribution in [0.25, 0.3) is 10.2 Å². The fourth-order valence-corrected chi connectivity index (χ4v) is 6.13. The average molecular weight is 548 g/mol. The number of aryl methyl sites for hydroxylation is 1. The SMILES string of the molecule is COC(=O)c1cc2nc([C@H]3CC[C@H](COCc4ccccc4)CC3)sc2cc1NC(=O)c1cc(F)cc(C)n1. The number of amides is 1. The molecule has 2 aromatic heterocycles. The molecule has 0 saturated heterocycles. The number of aromatic nitrogens is 2. The van der Waals surface area contributed by atoms with Crippen molar-refractivity contribution in [2.24, 2.45) is 5.92 Å². The molecule has 2 heterocycles. The number of esters is 1. The van der Waals surface area contributed by atoms with Crippen LogP contribution in [-0.2, 0) is 16.1 Å². The number of nitrogens with zero attached hydrogens (tertiary/aromatic N) is 2. The molecule has 0 atom stereocenters. The molecule has 39 heavy (non-hydrogen) atoms. The van der Waals surface area contributed by atoms with Gasteiger partial charge in [0.25, 0.3) is 5.91 Å². The van der Waals surface area contributed by atoms with Crippen LogP contribution in [0.3, 0.4) is 0 Å². The van der Waals surface area contributed by atoms with Gasteiger partial charge >= 0.3 is 5.97 Å². The minimum absolute atomic E-state index is 0.0714. The van der Waals surface area contributed by atoms with Crippen LogP contribution in [0, 0.1) is 18.7 Å². The number of carbonyl (C=O) groups is 2. The van der Waals surface area contributed by atoms with Crippen LogP contribution < -0.4 is 5.32 Å². The van der Waals surface area contributed by atoms with Crippen LogP contribution in [-0.4, -0.2) is 35.6 Å². The molecule has 7 nitrogen and oxygen atoms in total. The number of carbonyl (C=O) groups excluding carboxylic acids is 2. The summed E-state index contributed by atoms with van der Waals surface area (Å²) in [5.41, 5.74) is 2.64. The fourth-order valence-electron chi connectivity index (χ4n) is 4.97. The van der Waals surface area contributed by atoms with Gasteiger partial charge in [-0.2, -0.15) is 0 Å². The molecule has 1 saturated carbocycles. The van der Waals surface area contributed by atoms with Gasteiger partial charge in [-0.1, -0.05) is 30.3 Å².